The molecule has 5 rings (SSSR count). The van der Waals surface area contributed by atoms with Crippen LogP contribution in [0.4, 0.5) is 0 Å². The second kappa shape index (κ2) is 6.14. The number of rotatable bonds is 2. The number of aryl methyl sites for hydroxylation is 1. The normalized spacial score (nSPS) is 11.2. The lowest BCUT2D eigenvalue weighted by atomic mass is 9.94. The van der Waals surface area contributed by atoms with E-state index in [4.69, 9.17) is 4.74 Å². The Bertz CT molecular complexity index is 1400. The van der Waals surface area contributed by atoms with Crippen molar-refractivity contribution in [2.75, 3.05) is 7.11 Å². The summed E-state index contributed by atoms with van der Waals surface area (Å²) in [6, 6.07) is 25.2. The standard InChI is InChI=1S/C25H18N2O/c1-16-13-19(14-26)25-22-12-9-17-5-3-4-6-21(17)24(22)23(15-27(16)25)18-7-10-20(28-2)11-8-18/h3-13,15H,1-2H3. The van der Waals surface area contributed by atoms with Gasteiger partial charge in [-0.2, -0.15) is 5.26 Å². The van der Waals surface area contributed by atoms with Crippen LogP contribution < -0.4 is 4.74 Å². The van der Waals surface area contributed by atoms with Crippen LogP contribution in [0, 0.1) is 18.3 Å². The highest BCUT2D eigenvalue weighted by molar-refractivity contribution is 6.19. The molecule has 0 fully saturated rings. The number of methoxy groups -OCH3 is 1. The molecule has 0 amide bonds. The molecule has 0 radical (unpaired) electrons. The van der Waals surface area contributed by atoms with Crippen molar-refractivity contribution >= 4 is 27.1 Å². The van der Waals surface area contributed by atoms with Crippen LogP contribution in [0.25, 0.3) is 38.2 Å². The minimum absolute atomic E-state index is 0.707. The fourth-order valence-electron chi connectivity index (χ4n) is 4.12. The second-order valence-corrected chi connectivity index (χ2v) is 7.01. The van der Waals surface area contributed by atoms with Gasteiger partial charge in [0.05, 0.1) is 18.2 Å². The Morgan fingerprint density at radius 3 is 2.46 bits per heavy atom. The van der Waals surface area contributed by atoms with Crippen LogP contribution in [0.15, 0.2) is 72.9 Å². The molecule has 2 heterocycles. The summed E-state index contributed by atoms with van der Waals surface area (Å²) >= 11 is 0. The predicted molar refractivity (Wildman–Crippen MR) is 114 cm³/mol. The summed E-state index contributed by atoms with van der Waals surface area (Å²) in [5.41, 5.74) is 4.99. The van der Waals surface area contributed by atoms with Gasteiger partial charge < -0.3 is 9.14 Å². The van der Waals surface area contributed by atoms with Crippen LogP contribution in [0.3, 0.4) is 0 Å². The average Bonchev–Trinajstić information content (AvgIpc) is 3.08. The molecular weight excluding hydrogens is 344 g/mol. The highest BCUT2D eigenvalue weighted by Gasteiger charge is 2.16. The molecule has 0 atom stereocenters. The van der Waals surface area contributed by atoms with Gasteiger partial charge in [-0.25, -0.2) is 0 Å². The third-order valence-corrected chi connectivity index (χ3v) is 5.46. The first-order valence-electron chi connectivity index (χ1n) is 9.22. The smallest absolute Gasteiger partial charge is 0.118 e. The summed E-state index contributed by atoms with van der Waals surface area (Å²) in [5.74, 6) is 0.836. The molecule has 3 heteroatoms. The first kappa shape index (κ1) is 16.4. The van der Waals surface area contributed by atoms with Crippen molar-refractivity contribution in [1.29, 1.82) is 5.26 Å². The van der Waals surface area contributed by atoms with Gasteiger partial charge >= 0.3 is 0 Å². The molecule has 0 saturated carbocycles. The quantitative estimate of drug-likeness (QED) is 0.356. The van der Waals surface area contributed by atoms with Crippen LogP contribution in [0.2, 0.25) is 0 Å². The van der Waals surface area contributed by atoms with Crippen molar-refractivity contribution in [3.63, 3.8) is 0 Å². The average molecular weight is 362 g/mol. The van der Waals surface area contributed by atoms with Crippen LogP contribution in [0.1, 0.15) is 11.3 Å². The molecule has 0 N–H and O–H groups in total. The number of aromatic nitrogens is 1. The number of pyridine rings is 1. The van der Waals surface area contributed by atoms with E-state index >= 15 is 0 Å². The van der Waals surface area contributed by atoms with Crippen LogP contribution in [-0.2, 0) is 0 Å². The summed E-state index contributed by atoms with van der Waals surface area (Å²) in [7, 11) is 1.68. The maximum absolute atomic E-state index is 9.69. The Morgan fingerprint density at radius 2 is 1.71 bits per heavy atom. The number of fused-ring (bicyclic) bond motifs is 5. The molecule has 28 heavy (non-hydrogen) atoms. The predicted octanol–water partition coefficient (Wildman–Crippen LogP) is 6.10. The van der Waals surface area contributed by atoms with Gasteiger partial charge in [-0.1, -0.05) is 48.5 Å². The Labute approximate surface area is 163 Å². The molecule has 0 aliphatic heterocycles. The van der Waals surface area contributed by atoms with E-state index in [1.54, 1.807) is 7.11 Å². The van der Waals surface area contributed by atoms with E-state index in [-0.39, 0.29) is 0 Å². The van der Waals surface area contributed by atoms with Crippen molar-refractivity contribution in [2.24, 2.45) is 0 Å². The van der Waals surface area contributed by atoms with Crippen LogP contribution in [-0.4, -0.2) is 11.5 Å². The first-order chi connectivity index (χ1) is 13.7. The molecular formula is C25H18N2O. The lowest BCUT2D eigenvalue weighted by Gasteiger charge is -2.14. The van der Waals surface area contributed by atoms with E-state index in [0.717, 1.165) is 33.5 Å². The van der Waals surface area contributed by atoms with E-state index < -0.39 is 0 Å². The van der Waals surface area contributed by atoms with Gasteiger partial charge in [0, 0.05) is 28.2 Å². The highest BCUT2D eigenvalue weighted by atomic mass is 16.5. The molecule has 3 aromatic carbocycles. The number of hydrogen-bond donors (Lipinski definition) is 0. The Hall–Kier alpha value is -3.77. The fraction of sp³-hybridized carbons (Fsp3) is 0.0800. The molecule has 0 unspecified atom stereocenters. The molecule has 0 aliphatic carbocycles. The summed E-state index contributed by atoms with van der Waals surface area (Å²) in [6.45, 7) is 2.04. The van der Waals surface area contributed by atoms with Crippen LogP contribution >= 0.6 is 0 Å². The fourth-order valence-corrected chi connectivity index (χ4v) is 4.12. The largest absolute Gasteiger partial charge is 0.497 e. The van der Waals surface area contributed by atoms with Crippen molar-refractivity contribution in [3.05, 3.63) is 84.2 Å². The lowest BCUT2D eigenvalue weighted by Crippen LogP contribution is -1.94. The molecule has 0 spiro atoms. The van der Waals surface area contributed by atoms with E-state index in [0.29, 0.717) is 5.56 Å². The number of nitrogens with zero attached hydrogens (tertiary/aromatic N) is 2. The molecule has 0 saturated heterocycles. The minimum atomic E-state index is 0.707. The third-order valence-electron chi connectivity index (χ3n) is 5.46. The maximum atomic E-state index is 9.69. The molecule has 0 bridgehead atoms. The number of hydrogen-bond acceptors (Lipinski definition) is 2. The molecule has 2 aromatic heterocycles. The maximum Gasteiger partial charge on any atom is 0.118 e. The van der Waals surface area contributed by atoms with Gasteiger partial charge in [-0.15, -0.1) is 0 Å². The number of benzene rings is 3. The van der Waals surface area contributed by atoms with Crippen molar-refractivity contribution in [3.8, 4) is 22.9 Å². The van der Waals surface area contributed by atoms with E-state index in [9.17, 15) is 5.26 Å². The van der Waals surface area contributed by atoms with Gasteiger partial charge in [-0.05, 0) is 41.5 Å². The Morgan fingerprint density at radius 1 is 0.929 bits per heavy atom. The minimum Gasteiger partial charge on any atom is -0.497 e. The zero-order valence-corrected chi connectivity index (χ0v) is 15.7. The van der Waals surface area contributed by atoms with Crippen molar-refractivity contribution in [2.45, 2.75) is 6.92 Å². The van der Waals surface area contributed by atoms with Gasteiger partial charge in [0.25, 0.3) is 0 Å². The molecule has 3 nitrogen and oxygen atoms in total. The van der Waals surface area contributed by atoms with E-state index in [1.807, 2.05) is 25.1 Å². The van der Waals surface area contributed by atoms with E-state index in [1.165, 1.54) is 16.2 Å². The molecule has 5 aromatic rings. The number of ether oxygens (including phenoxy) is 1. The Balaban J connectivity index is 2.01. The zero-order chi connectivity index (χ0) is 19.3. The second-order valence-electron chi connectivity index (χ2n) is 7.01. The molecule has 134 valence electrons. The lowest BCUT2D eigenvalue weighted by molar-refractivity contribution is 0.415. The summed E-state index contributed by atoms with van der Waals surface area (Å²) in [5, 5.41) is 14.3. The third kappa shape index (κ3) is 2.28. The van der Waals surface area contributed by atoms with Gasteiger partial charge in [-0.3, -0.25) is 0 Å². The first-order valence-corrected chi connectivity index (χ1v) is 9.22. The summed E-state index contributed by atoms with van der Waals surface area (Å²) < 4.78 is 7.46. The summed E-state index contributed by atoms with van der Waals surface area (Å²) in [4.78, 5) is 0. The van der Waals surface area contributed by atoms with Gasteiger partial charge in [0.1, 0.15) is 11.8 Å². The zero-order valence-electron chi connectivity index (χ0n) is 15.7. The number of nitriles is 1. The topological polar surface area (TPSA) is 37.4 Å². The summed E-state index contributed by atoms with van der Waals surface area (Å²) in [6.07, 6.45) is 2.15. The Kier molecular flexibility index (Phi) is 3.60. The van der Waals surface area contributed by atoms with Gasteiger partial charge in [0.15, 0.2) is 0 Å². The van der Waals surface area contributed by atoms with E-state index in [2.05, 4.69) is 65.2 Å². The molecule has 0 aliphatic rings. The van der Waals surface area contributed by atoms with Gasteiger partial charge in [0.2, 0.25) is 0 Å². The highest BCUT2D eigenvalue weighted by Crippen LogP contribution is 2.38. The van der Waals surface area contributed by atoms with Crippen molar-refractivity contribution < 1.29 is 4.74 Å². The van der Waals surface area contributed by atoms with Crippen molar-refractivity contribution in [1.82, 2.24) is 4.40 Å². The monoisotopic (exact) mass is 362 g/mol. The van der Waals surface area contributed by atoms with Crippen LogP contribution in [0.5, 0.6) is 5.75 Å². The SMILES string of the molecule is COc1ccc(-c2cn3c(C)cc(C#N)c3c3ccc4ccccc4c23)cc1.